The number of carbonyl (C=O) groups is 1. The molecule has 0 heterocycles. The molecule has 6 nitrogen and oxygen atoms in total. The molecule has 0 aliphatic carbocycles. The van der Waals surface area contributed by atoms with Crippen LogP contribution in [0.1, 0.15) is 31.4 Å². The number of hydrogen-bond donors (Lipinski definition) is 0. The molecule has 7 heteroatoms. The summed E-state index contributed by atoms with van der Waals surface area (Å²) < 4.78 is 33.2. The zero-order valence-electron chi connectivity index (χ0n) is 16.5. The molecule has 0 aliphatic heterocycles. The lowest BCUT2D eigenvalue weighted by Gasteiger charge is -2.29. The second-order valence-corrected chi connectivity index (χ2v) is 8.27. The molecule has 0 aromatic heterocycles. The molecule has 0 radical (unpaired) electrons. The molecule has 0 spiro atoms. The molecule has 28 heavy (non-hydrogen) atoms. The highest BCUT2D eigenvalue weighted by atomic mass is 32.2. The van der Waals surface area contributed by atoms with E-state index in [1.807, 2.05) is 50.2 Å². The second kappa shape index (κ2) is 10.2. The smallest absolute Gasteiger partial charge is 0.306 e. The first-order chi connectivity index (χ1) is 13.3. The molecule has 2 aromatic carbocycles. The van der Waals surface area contributed by atoms with E-state index in [4.69, 9.17) is 8.92 Å². The van der Waals surface area contributed by atoms with Gasteiger partial charge in [0.25, 0.3) is 0 Å². The van der Waals surface area contributed by atoms with E-state index < -0.39 is 10.1 Å². The minimum Gasteiger partial charge on any atom is -0.383 e. The third-order valence-electron chi connectivity index (χ3n) is 4.28. The molecule has 0 saturated carbocycles. The molecule has 1 unspecified atom stereocenters. The van der Waals surface area contributed by atoms with Crippen LogP contribution >= 0.6 is 0 Å². The number of nitrogens with zero attached hydrogens (tertiary/aromatic N) is 1. The van der Waals surface area contributed by atoms with E-state index in [0.29, 0.717) is 13.2 Å². The summed E-state index contributed by atoms with van der Waals surface area (Å²) >= 11 is 0. The Bertz CT molecular complexity index is 867. The fraction of sp³-hybridized carbons (Fsp3) is 0.381. The highest BCUT2D eigenvalue weighted by molar-refractivity contribution is 7.86. The van der Waals surface area contributed by atoms with E-state index >= 15 is 0 Å². The Morgan fingerprint density at radius 2 is 1.75 bits per heavy atom. The lowest BCUT2D eigenvalue weighted by atomic mass is 10.1. The first-order valence-corrected chi connectivity index (χ1v) is 11.0. The maximum atomic E-state index is 12.7. The van der Waals surface area contributed by atoms with E-state index in [2.05, 4.69) is 0 Å². The predicted molar refractivity (Wildman–Crippen MR) is 108 cm³/mol. The quantitative estimate of drug-likeness (QED) is 0.567. The summed E-state index contributed by atoms with van der Waals surface area (Å²) in [6.07, 6.45) is 1.79. The van der Waals surface area contributed by atoms with E-state index in [9.17, 15) is 13.2 Å². The van der Waals surface area contributed by atoms with E-state index in [-0.39, 0.29) is 24.3 Å². The summed E-state index contributed by atoms with van der Waals surface area (Å²) in [5.41, 5.74) is 1.80. The number of hydrogen-bond acceptors (Lipinski definition) is 5. The molecule has 0 fully saturated rings. The molecule has 2 rings (SSSR count). The molecule has 0 N–H and O–H groups in total. The average molecular weight is 406 g/mol. The molecular weight excluding hydrogens is 378 g/mol. The van der Waals surface area contributed by atoms with Crippen molar-refractivity contribution in [2.75, 3.05) is 12.9 Å². The summed E-state index contributed by atoms with van der Waals surface area (Å²) in [5, 5.41) is 0. The van der Waals surface area contributed by atoms with Crippen molar-refractivity contribution in [3.8, 4) is 5.75 Å². The Morgan fingerprint density at radius 3 is 2.39 bits per heavy atom. The van der Waals surface area contributed by atoms with Gasteiger partial charge in [0.2, 0.25) is 5.91 Å². The zero-order chi connectivity index (χ0) is 20.6. The van der Waals surface area contributed by atoms with Gasteiger partial charge in [-0.15, -0.1) is 0 Å². The maximum Gasteiger partial charge on any atom is 0.306 e. The van der Waals surface area contributed by atoms with Gasteiger partial charge in [-0.05, 0) is 36.6 Å². The van der Waals surface area contributed by atoms with Crippen molar-refractivity contribution in [3.05, 3.63) is 65.7 Å². The zero-order valence-corrected chi connectivity index (χ0v) is 17.3. The fourth-order valence-electron chi connectivity index (χ4n) is 2.69. The molecule has 1 amide bonds. The predicted octanol–water partition coefficient (Wildman–Crippen LogP) is 3.37. The monoisotopic (exact) mass is 405 g/mol. The number of amides is 1. The van der Waals surface area contributed by atoms with Crippen molar-refractivity contribution in [3.63, 3.8) is 0 Å². The lowest BCUT2D eigenvalue weighted by molar-refractivity contribution is -0.139. The number of benzene rings is 2. The Morgan fingerprint density at radius 1 is 1.07 bits per heavy atom. The first kappa shape index (κ1) is 21.9. The van der Waals surface area contributed by atoms with Crippen LogP contribution in [0.2, 0.25) is 0 Å². The largest absolute Gasteiger partial charge is 0.383 e. The number of ether oxygens (including phenoxy) is 1. The molecular formula is C21H27NO5S. The average Bonchev–Trinajstić information content (AvgIpc) is 2.65. The van der Waals surface area contributed by atoms with Gasteiger partial charge >= 0.3 is 10.1 Å². The normalized spacial score (nSPS) is 12.4. The van der Waals surface area contributed by atoms with Crippen molar-refractivity contribution in [1.82, 2.24) is 4.90 Å². The van der Waals surface area contributed by atoms with Crippen molar-refractivity contribution in [1.29, 1.82) is 0 Å². The summed E-state index contributed by atoms with van der Waals surface area (Å²) in [6.45, 7) is 4.70. The van der Waals surface area contributed by atoms with Crippen molar-refractivity contribution < 1.29 is 22.1 Å². The van der Waals surface area contributed by atoms with Gasteiger partial charge in [0.05, 0.1) is 12.9 Å². The van der Waals surface area contributed by atoms with Gasteiger partial charge < -0.3 is 13.8 Å². The van der Waals surface area contributed by atoms with Crippen molar-refractivity contribution in [2.45, 2.75) is 39.5 Å². The SMILES string of the molecule is CCC(C)N(Cc1cccc(OS(C)(=O)=O)c1)C(=O)COCc1ccccc1. The Balaban J connectivity index is 2.02. The van der Waals surface area contributed by atoms with E-state index in [1.165, 1.54) is 0 Å². The van der Waals surface area contributed by atoms with E-state index in [0.717, 1.165) is 23.8 Å². The van der Waals surface area contributed by atoms with E-state index in [1.54, 1.807) is 23.1 Å². The molecule has 1 atom stereocenters. The third kappa shape index (κ3) is 7.32. The second-order valence-electron chi connectivity index (χ2n) is 6.69. The highest BCUT2D eigenvalue weighted by Crippen LogP contribution is 2.18. The molecule has 0 saturated heterocycles. The molecule has 0 aliphatic rings. The summed E-state index contributed by atoms with van der Waals surface area (Å²) in [7, 11) is -3.60. The van der Waals surface area contributed by atoms with Gasteiger partial charge in [0, 0.05) is 12.6 Å². The van der Waals surface area contributed by atoms with Crippen LogP contribution in [0.4, 0.5) is 0 Å². The van der Waals surface area contributed by atoms with Gasteiger partial charge in [0.15, 0.2) is 0 Å². The molecule has 2 aromatic rings. The summed E-state index contributed by atoms with van der Waals surface area (Å²) in [6, 6.07) is 16.5. The van der Waals surface area contributed by atoms with Gasteiger partial charge in [-0.1, -0.05) is 49.4 Å². The number of carbonyl (C=O) groups excluding carboxylic acids is 1. The van der Waals surface area contributed by atoms with Gasteiger partial charge in [-0.25, -0.2) is 0 Å². The minimum atomic E-state index is -3.60. The number of rotatable bonds is 10. The van der Waals surface area contributed by atoms with Gasteiger partial charge in [-0.2, -0.15) is 8.42 Å². The van der Waals surface area contributed by atoms with Crippen molar-refractivity contribution in [2.24, 2.45) is 0 Å². The molecule has 0 bridgehead atoms. The fourth-order valence-corrected chi connectivity index (χ4v) is 3.14. The van der Waals surface area contributed by atoms with Crippen LogP contribution in [0.3, 0.4) is 0 Å². The van der Waals surface area contributed by atoms with Crippen molar-refractivity contribution >= 4 is 16.0 Å². The maximum absolute atomic E-state index is 12.7. The van der Waals surface area contributed by atoms with Gasteiger partial charge in [0.1, 0.15) is 12.4 Å². The Kier molecular flexibility index (Phi) is 8.02. The summed E-state index contributed by atoms with van der Waals surface area (Å²) in [5.74, 6) is 0.122. The summed E-state index contributed by atoms with van der Waals surface area (Å²) in [4.78, 5) is 14.5. The highest BCUT2D eigenvalue weighted by Gasteiger charge is 2.20. The van der Waals surface area contributed by atoms with Crippen LogP contribution in [0.25, 0.3) is 0 Å². The topological polar surface area (TPSA) is 72.9 Å². The van der Waals surface area contributed by atoms with Crippen LogP contribution in [-0.2, 0) is 32.8 Å². The Labute approximate surface area is 167 Å². The van der Waals surface area contributed by atoms with Crippen LogP contribution < -0.4 is 4.18 Å². The van der Waals surface area contributed by atoms with Crippen LogP contribution in [0.15, 0.2) is 54.6 Å². The Hall–Kier alpha value is -2.38. The first-order valence-electron chi connectivity index (χ1n) is 9.18. The van der Waals surface area contributed by atoms with Crippen LogP contribution in [0, 0.1) is 0 Å². The minimum absolute atomic E-state index is 0.0151. The van der Waals surface area contributed by atoms with Crippen LogP contribution in [-0.4, -0.2) is 38.1 Å². The lowest BCUT2D eigenvalue weighted by Crippen LogP contribution is -2.40. The molecule has 152 valence electrons. The standard InChI is InChI=1S/C21H27NO5S/c1-4-17(2)22(21(23)16-26-15-18-9-6-5-7-10-18)14-19-11-8-12-20(13-19)27-28(3,24)25/h5-13,17H,4,14-16H2,1-3H3. The van der Waals surface area contributed by atoms with Gasteiger partial charge in [-0.3, -0.25) is 4.79 Å². The van der Waals surface area contributed by atoms with Crippen LogP contribution in [0.5, 0.6) is 5.75 Å². The third-order valence-corrected chi connectivity index (χ3v) is 4.77.